The van der Waals surface area contributed by atoms with E-state index >= 15 is 0 Å². The van der Waals surface area contributed by atoms with Crippen molar-refractivity contribution in [2.45, 2.75) is 45.1 Å². The second-order valence-electron chi connectivity index (χ2n) is 5.90. The summed E-state index contributed by atoms with van der Waals surface area (Å²) in [5.41, 5.74) is 0. The zero-order valence-corrected chi connectivity index (χ0v) is 14.1. The van der Waals surface area contributed by atoms with E-state index in [1.807, 2.05) is 5.38 Å². The highest BCUT2D eigenvalue weighted by Crippen LogP contribution is 2.37. The van der Waals surface area contributed by atoms with Crippen molar-refractivity contribution in [1.29, 1.82) is 0 Å². The molecule has 2 saturated heterocycles. The molecule has 3 rings (SSSR count). The maximum Gasteiger partial charge on any atom is 0.282 e. The van der Waals surface area contributed by atoms with Crippen molar-refractivity contribution in [3.8, 4) is 0 Å². The van der Waals surface area contributed by atoms with E-state index < -0.39 is 10.2 Å². The van der Waals surface area contributed by atoms with Crippen LogP contribution < -0.4 is 0 Å². The van der Waals surface area contributed by atoms with E-state index in [2.05, 4.69) is 11.9 Å². The number of aromatic nitrogens is 1. The standard InChI is InChI=1S/C14H23N3O2S2/c1-2-12-5-9-16(10-6-12)21(18,19)17-8-3-4-13(17)14-15-7-11-20-14/h7,11-13H,2-6,8-10H2,1H3. The molecule has 3 heterocycles. The van der Waals surface area contributed by atoms with Gasteiger partial charge in [-0.15, -0.1) is 11.3 Å². The quantitative estimate of drug-likeness (QED) is 0.853. The first kappa shape index (κ1) is 15.4. The second kappa shape index (κ2) is 6.32. The Bertz CT molecular complexity index is 551. The summed E-state index contributed by atoms with van der Waals surface area (Å²) in [6, 6.07) is -0.0566. The molecule has 0 aliphatic carbocycles. The molecule has 5 nitrogen and oxygen atoms in total. The molecule has 21 heavy (non-hydrogen) atoms. The first-order valence-corrected chi connectivity index (χ1v) is 10.1. The van der Waals surface area contributed by atoms with Crippen molar-refractivity contribution >= 4 is 21.5 Å². The molecular weight excluding hydrogens is 306 g/mol. The summed E-state index contributed by atoms with van der Waals surface area (Å²) in [5, 5.41) is 2.85. The lowest BCUT2D eigenvalue weighted by molar-refractivity contribution is 0.247. The molecule has 118 valence electrons. The summed E-state index contributed by atoms with van der Waals surface area (Å²) in [4.78, 5) is 4.33. The van der Waals surface area contributed by atoms with Crippen LogP contribution in [-0.4, -0.2) is 41.6 Å². The molecule has 2 aliphatic rings. The lowest BCUT2D eigenvalue weighted by atomic mass is 9.96. The number of piperidine rings is 1. The van der Waals surface area contributed by atoms with E-state index in [0.29, 0.717) is 25.6 Å². The van der Waals surface area contributed by atoms with E-state index in [1.54, 1.807) is 26.1 Å². The summed E-state index contributed by atoms with van der Waals surface area (Å²) in [6.07, 6.45) is 6.71. The number of thiazole rings is 1. The van der Waals surface area contributed by atoms with Crippen LogP contribution in [0.4, 0.5) is 0 Å². The number of rotatable bonds is 4. The molecule has 1 unspecified atom stereocenters. The van der Waals surface area contributed by atoms with Crippen LogP contribution >= 0.6 is 11.3 Å². The maximum absolute atomic E-state index is 12.9. The molecule has 1 atom stereocenters. The number of hydrogen-bond acceptors (Lipinski definition) is 4. The van der Waals surface area contributed by atoms with Gasteiger partial charge in [-0.05, 0) is 31.6 Å². The maximum atomic E-state index is 12.9. The minimum absolute atomic E-state index is 0.0566. The van der Waals surface area contributed by atoms with Crippen molar-refractivity contribution in [1.82, 2.24) is 13.6 Å². The summed E-state index contributed by atoms with van der Waals surface area (Å²) in [6.45, 7) is 4.15. The summed E-state index contributed by atoms with van der Waals surface area (Å²) >= 11 is 1.55. The van der Waals surface area contributed by atoms with Gasteiger partial charge >= 0.3 is 0 Å². The molecule has 1 aromatic heterocycles. The second-order valence-corrected chi connectivity index (χ2v) is 8.70. The lowest BCUT2D eigenvalue weighted by Crippen LogP contribution is -2.46. The summed E-state index contributed by atoms with van der Waals surface area (Å²) < 4.78 is 29.2. The van der Waals surface area contributed by atoms with Crippen molar-refractivity contribution in [3.63, 3.8) is 0 Å². The van der Waals surface area contributed by atoms with Gasteiger partial charge in [0.25, 0.3) is 10.2 Å². The summed E-state index contributed by atoms with van der Waals surface area (Å²) in [5.74, 6) is 0.685. The topological polar surface area (TPSA) is 53.5 Å². The highest BCUT2D eigenvalue weighted by molar-refractivity contribution is 7.86. The Kier molecular flexibility index (Phi) is 4.63. The zero-order valence-electron chi connectivity index (χ0n) is 12.4. The van der Waals surface area contributed by atoms with Crippen LogP contribution in [0.2, 0.25) is 0 Å². The van der Waals surface area contributed by atoms with E-state index in [4.69, 9.17) is 0 Å². The molecular formula is C14H23N3O2S2. The molecule has 0 N–H and O–H groups in total. The van der Waals surface area contributed by atoms with Crippen LogP contribution in [0.1, 0.15) is 50.1 Å². The Morgan fingerprint density at radius 2 is 2.05 bits per heavy atom. The third-order valence-corrected chi connectivity index (χ3v) is 7.64. The van der Waals surface area contributed by atoms with Gasteiger partial charge in [0.05, 0.1) is 6.04 Å². The first-order chi connectivity index (χ1) is 10.1. The first-order valence-electron chi connectivity index (χ1n) is 7.79. The van der Waals surface area contributed by atoms with Crippen molar-refractivity contribution in [2.24, 2.45) is 5.92 Å². The minimum atomic E-state index is -3.34. The van der Waals surface area contributed by atoms with Gasteiger partial charge in [0.2, 0.25) is 0 Å². The van der Waals surface area contributed by atoms with E-state index in [1.165, 1.54) is 0 Å². The van der Waals surface area contributed by atoms with E-state index in [9.17, 15) is 8.42 Å². The third-order valence-electron chi connectivity index (χ3n) is 4.71. The normalized spacial score (nSPS) is 26.4. The molecule has 0 aromatic carbocycles. The van der Waals surface area contributed by atoms with E-state index in [-0.39, 0.29) is 6.04 Å². The molecule has 2 aliphatic heterocycles. The van der Waals surface area contributed by atoms with Crippen LogP contribution in [0, 0.1) is 5.92 Å². The Labute approximate surface area is 131 Å². The van der Waals surface area contributed by atoms with Crippen LogP contribution in [0.25, 0.3) is 0 Å². The van der Waals surface area contributed by atoms with Gasteiger partial charge in [-0.3, -0.25) is 0 Å². The predicted octanol–water partition coefficient (Wildman–Crippen LogP) is 2.65. The Morgan fingerprint density at radius 1 is 1.29 bits per heavy atom. The average molecular weight is 329 g/mol. The predicted molar refractivity (Wildman–Crippen MR) is 84.3 cm³/mol. The van der Waals surface area contributed by atoms with Gasteiger partial charge < -0.3 is 0 Å². The third kappa shape index (κ3) is 3.02. The Morgan fingerprint density at radius 3 is 2.67 bits per heavy atom. The summed E-state index contributed by atoms with van der Waals surface area (Å²) in [7, 11) is -3.34. The zero-order chi connectivity index (χ0) is 14.9. The molecule has 1 aromatic rings. The van der Waals surface area contributed by atoms with Gasteiger partial charge in [0, 0.05) is 31.2 Å². The molecule has 7 heteroatoms. The molecule has 0 radical (unpaired) electrons. The van der Waals surface area contributed by atoms with Crippen LogP contribution in [0.5, 0.6) is 0 Å². The fraction of sp³-hybridized carbons (Fsp3) is 0.786. The monoisotopic (exact) mass is 329 g/mol. The van der Waals surface area contributed by atoms with Gasteiger partial charge in [0.15, 0.2) is 0 Å². The van der Waals surface area contributed by atoms with Gasteiger partial charge in [-0.2, -0.15) is 17.0 Å². The molecule has 2 fully saturated rings. The van der Waals surface area contributed by atoms with Crippen molar-refractivity contribution in [2.75, 3.05) is 19.6 Å². The minimum Gasteiger partial charge on any atom is -0.248 e. The highest BCUT2D eigenvalue weighted by Gasteiger charge is 2.40. The highest BCUT2D eigenvalue weighted by atomic mass is 32.2. The van der Waals surface area contributed by atoms with Crippen LogP contribution in [-0.2, 0) is 10.2 Å². The number of nitrogens with zero attached hydrogens (tertiary/aromatic N) is 3. The van der Waals surface area contributed by atoms with Gasteiger partial charge in [-0.1, -0.05) is 13.3 Å². The van der Waals surface area contributed by atoms with Crippen molar-refractivity contribution in [3.05, 3.63) is 16.6 Å². The van der Waals surface area contributed by atoms with Gasteiger partial charge in [0.1, 0.15) is 5.01 Å². The molecule has 0 saturated carbocycles. The smallest absolute Gasteiger partial charge is 0.248 e. The van der Waals surface area contributed by atoms with Gasteiger partial charge in [-0.25, -0.2) is 4.98 Å². The van der Waals surface area contributed by atoms with Crippen LogP contribution in [0.3, 0.4) is 0 Å². The fourth-order valence-corrected chi connectivity index (χ4v) is 6.07. The van der Waals surface area contributed by atoms with Crippen molar-refractivity contribution < 1.29 is 8.42 Å². The number of hydrogen-bond donors (Lipinski definition) is 0. The van der Waals surface area contributed by atoms with Crippen LogP contribution in [0.15, 0.2) is 11.6 Å². The fourth-order valence-electron chi connectivity index (χ4n) is 3.36. The molecule has 0 spiro atoms. The lowest BCUT2D eigenvalue weighted by Gasteiger charge is -2.35. The Hall–Kier alpha value is -0.500. The van der Waals surface area contributed by atoms with E-state index in [0.717, 1.165) is 37.1 Å². The largest absolute Gasteiger partial charge is 0.282 e. The Balaban J connectivity index is 1.75. The molecule has 0 amide bonds. The average Bonchev–Trinajstić information content (AvgIpc) is 3.17. The SMILES string of the molecule is CCC1CCN(S(=O)(=O)N2CCCC2c2nccs2)CC1. The molecule has 0 bridgehead atoms.